The third-order valence-corrected chi connectivity index (χ3v) is 4.25. The van der Waals surface area contributed by atoms with E-state index < -0.39 is 5.97 Å². The smallest absolute Gasteiger partial charge is 0.322 e. The van der Waals surface area contributed by atoms with E-state index in [1.165, 1.54) is 19.3 Å². The summed E-state index contributed by atoms with van der Waals surface area (Å²) in [4.78, 5) is 13.6. The van der Waals surface area contributed by atoms with Gasteiger partial charge in [-0.05, 0) is 38.0 Å². The minimum absolute atomic E-state index is 0.355. The molecule has 3 rings (SSSR count). The van der Waals surface area contributed by atoms with Crippen molar-refractivity contribution in [3.05, 3.63) is 0 Å². The molecule has 0 amide bonds. The Morgan fingerprint density at radius 2 is 2.19 bits per heavy atom. The average Bonchev–Trinajstić information content (AvgIpc) is 2.83. The van der Waals surface area contributed by atoms with Gasteiger partial charge in [-0.25, -0.2) is 0 Å². The van der Waals surface area contributed by atoms with Gasteiger partial charge in [-0.2, -0.15) is 0 Å². The molecule has 1 heterocycles. The SMILES string of the molecule is O=C(O)C(CN1CC2CCC1C2)NC1CC1. The first-order valence-electron chi connectivity index (χ1n) is 6.45. The highest BCUT2D eigenvalue weighted by Gasteiger charge is 2.40. The number of hydrogen-bond acceptors (Lipinski definition) is 3. The second-order valence-electron chi connectivity index (χ2n) is 5.62. The average molecular weight is 224 g/mol. The molecule has 4 nitrogen and oxygen atoms in total. The summed E-state index contributed by atoms with van der Waals surface area (Å²) in [7, 11) is 0. The Hall–Kier alpha value is -0.610. The van der Waals surface area contributed by atoms with Crippen molar-refractivity contribution in [1.29, 1.82) is 0 Å². The van der Waals surface area contributed by atoms with Crippen LogP contribution in [0.2, 0.25) is 0 Å². The van der Waals surface area contributed by atoms with Gasteiger partial charge in [0.15, 0.2) is 0 Å². The van der Waals surface area contributed by atoms with Crippen molar-refractivity contribution in [2.45, 2.75) is 50.2 Å². The van der Waals surface area contributed by atoms with Crippen LogP contribution in [-0.2, 0) is 4.79 Å². The van der Waals surface area contributed by atoms with Crippen LogP contribution in [0, 0.1) is 5.92 Å². The highest BCUT2D eigenvalue weighted by molar-refractivity contribution is 5.73. The topological polar surface area (TPSA) is 52.6 Å². The van der Waals surface area contributed by atoms with Crippen LogP contribution in [0.25, 0.3) is 0 Å². The summed E-state index contributed by atoms with van der Waals surface area (Å²) in [5.74, 6) is 0.162. The van der Waals surface area contributed by atoms with Crippen molar-refractivity contribution in [3.63, 3.8) is 0 Å². The quantitative estimate of drug-likeness (QED) is 0.721. The molecule has 3 aliphatic rings. The Balaban J connectivity index is 1.56. The van der Waals surface area contributed by atoms with Gasteiger partial charge >= 0.3 is 5.97 Å². The molecule has 2 bridgehead atoms. The molecular formula is C12H20N2O2. The van der Waals surface area contributed by atoms with E-state index in [-0.39, 0.29) is 6.04 Å². The molecule has 0 aromatic carbocycles. The number of carboxylic acid groups (broad SMARTS) is 1. The number of aliphatic carboxylic acids is 1. The van der Waals surface area contributed by atoms with Crippen LogP contribution in [-0.4, -0.2) is 47.2 Å². The van der Waals surface area contributed by atoms with Crippen LogP contribution in [0.15, 0.2) is 0 Å². The number of piperidine rings is 1. The van der Waals surface area contributed by atoms with Gasteiger partial charge in [-0.1, -0.05) is 0 Å². The highest BCUT2D eigenvalue weighted by atomic mass is 16.4. The van der Waals surface area contributed by atoms with Gasteiger partial charge in [-0.15, -0.1) is 0 Å². The number of fused-ring (bicyclic) bond motifs is 2. The number of rotatable bonds is 5. The number of nitrogens with zero attached hydrogens (tertiary/aromatic N) is 1. The molecule has 16 heavy (non-hydrogen) atoms. The molecule has 3 unspecified atom stereocenters. The first kappa shape index (κ1) is 10.5. The molecule has 0 radical (unpaired) electrons. The van der Waals surface area contributed by atoms with E-state index in [0.717, 1.165) is 25.3 Å². The van der Waals surface area contributed by atoms with Crippen molar-refractivity contribution in [2.75, 3.05) is 13.1 Å². The second kappa shape index (κ2) is 4.00. The minimum atomic E-state index is -0.685. The maximum Gasteiger partial charge on any atom is 0.322 e. The summed E-state index contributed by atoms with van der Waals surface area (Å²) in [5, 5.41) is 12.4. The van der Waals surface area contributed by atoms with Gasteiger partial charge in [0, 0.05) is 25.2 Å². The number of carbonyl (C=O) groups is 1. The van der Waals surface area contributed by atoms with Crippen molar-refractivity contribution >= 4 is 5.97 Å². The third kappa shape index (κ3) is 2.09. The van der Waals surface area contributed by atoms with Crippen LogP contribution in [0.4, 0.5) is 0 Å². The van der Waals surface area contributed by atoms with Crippen LogP contribution < -0.4 is 5.32 Å². The number of likely N-dealkylation sites (tertiary alicyclic amines) is 1. The highest BCUT2D eigenvalue weighted by Crippen LogP contribution is 2.37. The first-order valence-corrected chi connectivity index (χ1v) is 6.45. The number of carboxylic acids is 1. The fourth-order valence-corrected chi connectivity index (χ4v) is 3.22. The molecule has 1 aliphatic heterocycles. The molecule has 1 saturated heterocycles. The Kier molecular flexibility index (Phi) is 2.64. The molecule has 2 saturated carbocycles. The lowest BCUT2D eigenvalue weighted by Crippen LogP contribution is -2.49. The lowest BCUT2D eigenvalue weighted by atomic mass is 10.1. The maximum absolute atomic E-state index is 11.2. The molecule has 0 aromatic heterocycles. The van der Waals surface area contributed by atoms with E-state index in [2.05, 4.69) is 10.2 Å². The predicted molar refractivity (Wildman–Crippen MR) is 60.3 cm³/mol. The molecule has 0 spiro atoms. The Morgan fingerprint density at radius 3 is 2.69 bits per heavy atom. The Labute approximate surface area is 96.0 Å². The molecular weight excluding hydrogens is 204 g/mol. The zero-order valence-corrected chi connectivity index (χ0v) is 9.56. The molecule has 3 fully saturated rings. The Morgan fingerprint density at radius 1 is 1.38 bits per heavy atom. The van der Waals surface area contributed by atoms with Crippen LogP contribution >= 0.6 is 0 Å². The summed E-state index contributed by atoms with van der Waals surface area (Å²) < 4.78 is 0. The predicted octanol–water partition coefficient (Wildman–Crippen LogP) is 0.676. The fourth-order valence-electron chi connectivity index (χ4n) is 3.22. The number of nitrogens with one attached hydrogen (secondary N) is 1. The summed E-state index contributed by atoms with van der Waals surface area (Å²) >= 11 is 0. The monoisotopic (exact) mass is 224 g/mol. The van der Waals surface area contributed by atoms with Crippen LogP contribution in [0.5, 0.6) is 0 Å². The lowest BCUT2D eigenvalue weighted by molar-refractivity contribution is -0.140. The standard InChI is InChI=1S/C12H20N2O2/c15-12(16)11(13-9-2-3-9)7-14-6-8-1-4-10(14)5-8/h8-11,13H,1-7H2,(H,15,16). The molecule has 3 atom stereocenters. The van der Waals surface area contributed by atoms with Gasteiger partial charge in [0.25, 0.3) is 0 Å². The van der Waals surface area contributed by atoms with E-state index in [1.807, 2.05) is 0 Å². The van der Waals surface area contributed by atoms with Gasteiger partial charge in [0.2, 0.25) is 0 Å². The lowest BCUT2D eigenvalue weighted by Gasteiger charge is -2.29. The van der Waals surface area contributed by atoms with Crippen LogP contribution in [0.3, 0.4) is 0 Å². The van der Waals surface area contributed by atoms with Gasteiger partial charge < -0.3 is 10.4 Å². The maximum atomic E-state index is 11.2. The molecule has 0 aromatic rings. The summed E-state index contributed by atoms with van der Waals surface area (Å²) in [6, 6.07) is 0.792. The van der Waals surface area contributed by atoms with Gasteiger partial charge in [0.1, 0.15) is 6.04 Å². The van der Waals surface area contributed by atoms with Gasteiger partial charge in [-0.3, -0.25) is 9.69 Å². The van der Waals surface area contributed by atoms with Gasteiger partial charge in [0.05, 0.1) is 0 Å². The second-order valence-corrected chi connectivity index (χ2v) is 5.62. The van der Waals surface area contributed by atoms with Crippen molar-refractivity contribution < 1.29 is 9.90 Å². The summed E-state index contributed by atoms with van der Waals surface area (Å²) in [5.41, 5.74) is 0. The van der Waals surface area contributed by atoms with E-state index in [4.69, 9.17) is 0 Å². The van der Waals surface area contributed by atoms with E-state index in [9.17, 15) is 9.90 Å². The van der Waals surface area contributed by atoms with Crippen molar-refractivity contribution in [1.82, 2.24) is 10.2 Å². The molecule has 90 valence electrons. The molecule has 4 heteroatoms. The zero-order chi connectivity index (χ0) is 11.1. The molecule has 2 aliphatic carbocycles. The van der Waals surface area contributed by atoms with Crippen molar-refractivity contribution in [2.24, 2.45) is 5.92 Å². The van der Waals surface area contributed by atoms with E-state index in [1.54, 1.807) is 0 Å². The largest absolute Gasteiger partial charge is 0.480 e. The summed E-state index contributed by atoms with van der Waals surface area (Å²) in [6.07, 6.45) is 6.23. The third-order valence-electron chi connectivity index (χ3n) is 4.25. The molecule has 2 N–H and O–H groups in total. The van der Waals surface area contributed by atoms with E-state index in [0.29, 0.717) is 18.6 Å². The zero-order valence-electron chi connectivity index (χ0n) is 9.56. The van der Waals surface area contributed by atoms with Crippen LogP contribution in [0.1, 0.15) is 32.1 Å². The first-order chi connectivity index (χ1) is 7.72. The Bertz CT molecular complexity index is 291. The normalized spacial score (nSPS) is 35.5. The van der Waals surface area contributed by atoms with Crippen molar-refractivity contribution in [3.8, 4) is 0 Å². The fraction of sp³-hybridized carbons (Fsp3) is 0.917. The minimum Gasteiger partial charge on any atom is -0.480 e. The summed E-state index contributed by atoms with van der Waals surface area (Å²) in [6.45, 7) is 1.83. The van der Waals surface area contributed by atoms with E-state index >= 15 is 0 Å². The number of hydrogen-bond donors (Lipinski definition) is 2.